The van der Waals surface area contributed by atoms with Crippen molar-refractivity contribution in [2.24, 2.45) is 0 Å². The quantitative estimate of drug-likeness (QED) is 0.472. The van der Waals surface area contributed by atoms with Crippen LogP contribution in [0.25, 0.3) is 0 Å². The van der Waals surface area contributed by atoms with Gasteiger partial charge in [0.25, 0.3) is 0 Å². The summed E-state index contributed by atoms with van der Waals surface area (Å²) in [6, 6.07) is 7.49. The van der Waals surface area contributed by atoms with Crippen LogP contribution in [0.15, 0.2) is 30.3 Å². The van der Waals surface area contributed by atoms with E-state index in [0.29, 0.717) is 25.7 Å². The van der Waals surface area contributed by atoms with Gasteiger partial charge < -0.3 is 15.2 Å². The molecule has 1 unspecified atom stereocenters. The summed E-state index contributed by atoms with van der Waals surface area (Å²) in [5.74, 6) is -1.96. The summed E-state index contributed by atoms with van der Waals surface area (Å²) in [5, 5.41) is 13.6. The number of carbonyl (C=O) groups excluding carboxylic acids is 5. The van der Waals surface area contributed by atoms with Crippen molar-refractivity contribution in [2.45, 2.75) is 45.1 Å². The molecule has 3 N–H and O–H groups in total. The molecular weight excluding hydrogens is 446 g/mol. The normalized spacial score (nSPS) is 17.6. The van der Waals surface area contributed by atoms with Crippen LogP contribution in [0.2, 0.25) is 0 Å². The van der Waals surface area contributed by atoms with Crippen molar-refractivity contribution >= 4 is 36.0 Å². The number of amides is 5. The Hall–Kier alpha value is -3.96. The highest BCUT2D eigenvalue weighted by atomic mass is 16.4. The summed E-state index contributed by atoms with van der Waals surface area (Å²) >= 11 is 0. The average molecular weight is 476 g/mol. The van der Waals surface area contributed by atoms with Crippen LogP contribution in [0, 0.1) is 0 Å². The number of hydrazine groups is 2. The van der Waals surface area contributed by atoms with Gasteiger partial charge in [-0.05, 0) is 18.4 Å². The smallest absolute Gasteiger partial charge is 0.358 e. The number of carbonyl (C=O) groups is 6. The van der Waals surface area contributed by atoms with Gasteiger partial charge in [0.15, 0.2) is 0 Å². The number of hydrogen-bond acceptors (Lipinski definition) is 6. The molecule has 3 rings (SSSR count). The van der Waals surface area contributed by atoms with Gasteiger partial charge in [-0.15, -0.1) is 0 Å². The molecule has 5 amide bonds. The average Bonchev–Trinajstić information content (AvgIpc) is 2.95. The van der Waals surface area contributed by atoms with Crippen LogP contribution in [-0.2, 0) is 30.4 Å². The number of urea groups is 1. The number of nitrogens with zero attached hydrogens (tertiary/aromatic N) is 3. The van der Waals surface area contributed by atoms with Gasteiger partial charge >= 0.3 is 12.0 Å². The molecule has 2 fully saturated rings. The fourth-order valence-electron chi connectivity index (χ4n) is 3.45. The van der Waals surface area contributed by atoms with Crippen molar-refractivity contribution in [1.82, 2.24) is 25.8 Å². The summed E-state index contributed by atoms with van der Waals surface area (Å²) < 4.78 is 0. The first kappa shape index (κ1) is 26.3. The van der Waals surface area contributed by atoms with E-state index < -0.39 is 29.9 Å². The van der Waals surface area contributed by atoms with Crippen LogP contribution in [0.5, 0.6) is 0 Å². The maximum atomic E-state index is 13.1. The fraction of sp³-hybridized carbons (Fsp3) is 0.455. The Bertz CT molecular complexity index is 908. The van der Waals surface area contributed by atoms with Crippen molar-refractivity contribution in [3.8, 4) is 0 Å². The van der Waals surface area contributed by atoms with Crippen molar-refractivity contribution in [3.05, 3.63) is 35.9 Å². The van der Waals surface area contributed by atoms with Gasteiger partial charge in [0.05, 0.1) is 19.5 Å². The lowest BCUT2D eigenvalue weighted by Crippen LogP contribution is -2.64. The van der Waals surface area contributed by atoms with Gasteiger partial charge in [0.2, 0.25) is 17.7 Å². The highest BCUT2D eigenvalue weighted by Crippen LogP contribution is 2.23. The highest BCUT2D eigenvalue weighted by molar-refractivity contribution is 5.92. The standard InChI is InChI=1S/C19H23N5O5.C3H6O2/c25-12-9-20-18(28)15-7-4-10-23-17(27)8-11-22(19(29)24(15)23)21-16(26)13-14-5-2-1-3-6-14;1-2-3(4)5/h1-3,5-6,12,15H,4,7-11,13H2,(H,20,28)(H,21,26);2H2,1H3,(H,4,5). The molecule has 34 heavy (non-hydrogen) atoms. The number of carboxylic acid groups (broad SMARTS) is 1. The molecule has 0 aromatic heterocycles. The second-order valence-electron chi connectivity index (χ2n) is 7.56. The van der Waals surface area contributed by atoms with E-state index in [-0.39, 0.29) is 38.3 Å². The molecule has 1 atom stereocenters. The Morgan fingerprint density at radius 1 is 1.15 bits per heavy atom. The molecule has 2 aliphatic heterocycles. The second kappa shape index (κ2) is 12.9. The van der Waals surface area contributed by atoms with Crippen molar-refractivity contribution in [2.75, 3.05) is 19.6 Å². The zero-order chi connectivity index (χ0) is 25.1. The molecule has 2 heterocycles. The Morgan fingerprint density at radius 3 is 2.44 bits per heavy atom. The Kier molecular flexibility index (Phi) is 9.99. The zero-order valence-corrected chi connectivity index (χ0v) is 18.9. The first-order chi connectivity index (χ1) is 16.3. The summed E-state index contributed by atoms with van der Waals surface area (Å²) in [6.45, 7) is 1.74. The van der Waals surface area contributed by atoms with E-state index in [4.69, 9.17) is 5.11 Å². The van der Waals surface area contributed by atoms with E-state index in [1.165, 1.54) is 5.01 Å². The predicted molar refractivity (Wildman–Crippen MR) is 119 cm³/mol. The number of rotatable bonds is 7. The first-order valence-electron chi connectivity index (χ1n) is 11.0. The molecule has 0 aliphatic carbocycles. The second-order valence-corrected chi connectivity index (χ2v) is 7.56. The van der Waals surface area contributed by atoms with Crippen LogP contribution in [0.1, 0.15) is 38.2 Å². The SMILES string of the molecule is CCC(=O)O.O=CCNC(=O)C1CCCN2C(=O)CCN(NC(=O)Cc3ccccc3)C(=O)N12. The molecule has 1 aromatic carbocycles. The lowest BCUT2D eigenvalue weighted by molar-refractivity contribution is -0.155. The predicted octanol–water partition coefficient (Wildman–Crippen LogP) is 0.0901. The van der Waals surface area contributed by atoms with Gasteiger partial charge in [-0.25, -0.2) is 19.8 Å². The molecule has 0 saturated carbocycles. The first-order valence-corrected chi connectivity index (χ1v) is 11.0. The maximum absolute atomic E-state index is 13.1. The molecule has 12 heteroatoms. The molecular formula is C22H29N5O7. The molecule has 2 saturated heterocycles. The van der Waals surface area contributed by atoms with E-state index in [9.17, 15) is 28.8 Å². The molecule has 0 radical (unpaired) electrons. The number of aldehydes is 1. The van der Waals surface area contributed by atoms with E-state index in [2.05, 4.69) is 10.7 Å². The Balaban J connectivity index is 0.000000739. The third kappa shape index (κ3) is 7.29. The number of hydrogen-bond donors (Lipinski definition) is 3. The monoisotopic (exact) mass is 475 g/mol. The maximum Gasteiger partial charge on any atom is 0.358 e. The highest BCUT2D eigenvalue weighted by Gasteiger charge is 2.43. The van der Waals surface area contributed by atoms with Crippen molar-refractivity contribution in [3.63, 3.8) is 0 Å². The Morgan fingerprint density at radius 2 is 1.82 bits per heavy atom. The molecule has 0 bridgehead atoms. The van der Waals surface area contributed by atoms with Gasteiger partial charge in [0, 0.05) is 19.4 Å². The number of aliphatic carboxylic acids is 1. The number of carboxylic acids is 1. The summed E-state index contributed by atoms with van der Waals surface area (Å²) in [6.07, 6.45) is 1.77. The van der Waals surface area contributed by atoms with Crippen molar-refractivity contribution in [1.29, 1.82) is 0 Å². The minimum absolute atomic E-state index is 0.00781. The topological polar surface area (TPSA) is 156 Å². The van der Waals surface area contributed by atoms with E-state index in [1.807, 2.05) is 18.2 Å². The number of fused-ring (bicyclic) bond motifs is 1. The van der Waals surface area contributed by atoms with E-state index in [0.717, 1.165) is 15.6 Å². The fourth-order valence-corrected chi connectivity index (χ4v) is 3.45. The Labute approximate surface area is 196 Å². The van der Waals surface area contributed by atoms with Crippen LogP contribution in [0.3, 0.4) is 0 Å². The zero-order valence-electron chi connectivity index (χ0n) is 18.9. The third-order valence-corrected chi connectivity index (χ3v) is 5.10. The van der Waals surface area contributed by atoms with Gasteiger partial charge in [-0.2, -0.15) is 0 Å². The molecule has 1 aromatic rings. The van der Waals surface area contributed by atoms with Gasteiger partial charge in [-0.3, -0.25) is 24.6 Å². The van der Waals surface area contributed by atoms with E-state index >= 15 is 0 Å². The van der Waals surface area contributed by atoms with Crippen LogP contribution < -0.4 is 10.7 Å². The molecule has 2 aliphatic rings. The minimum Gasteiger partial charge on any atom is -0.481 e. The van der Waals surface area contributed by atoms with Crippen LogP contribution in [0.4, 0.5) is 4.79 Å². The summed E-state index contributed by atoms with van der Waals surface area (Å²) in [4.78, 5) is 70.4. The van der Waals surface area contributed by atoms with Crippen LogP contribution >= 0.6 is 0 Å². The number of benzene rings is 1. The van der Waals surface area contributed by atoms with E-state index in [1.54, 1.807) is 19.1 Å². The molecule has 12 nitrogen and oxygen atoms in total. The van der Waals surface area contributed by atoms with Gasteiger partial charge in [0.1, 0.15) is 12.3 Å². The van der Waals surface area contributed by atoms with Crippen molar-refractivity contribution < 1.29 is 33.9 Å². The largest absolute Gasteiger partial charge is 0.481 e. The molecule has 0 spiro atoms. The molecule has 184 valence electrons. The minimum atomic E-state index is -0.924. The summed E-state index contributed by atoms with van der Waals surface area (Å²) in [7, 11) is 0. The van der Waals surface area contributed by atoms with Gasteiger partial charge in [-0.1, -0.05) is 37.3 Å². The van der Waals surface area contributed by atoms with Crippen LogP contribution in [-0.4, -0.2) is 81.8 Å². The lowest BCUT2D eigenvalue weighted by Gasteiger charge is -2.42. The number of nitrogens with one attached hydrogen (secondary N) is 2. The lowest BCUT2D eigenvalue weighted by atomic mass is 10.1. The summed E-state index contributed by atoms with van der Waals surface area (Å²) in [5.41, 5.74) is 3.34. The third-order valence-electron chi connectivity index (χ3n) is 5.10.